The number of furan rings is 1. The summed E-state index contributed by atoms with van der Waals surface area (Å²) in [4.78, 5) is 5.75. The summed E-state index contributed by atoms with van der Waals surface area (Å²) < 4.78 is 7.78. The summed E-state index contributed by atoms with van der Waals surface area (Å²) in [5.41, 5.74) is 0. The molecular weight excluding hydrogens is 282 g/mol. The topological polar surface area (TPSA) is 43.0 Å². The smallest absolute Gasteiger partial charge is 0.131 e. The number of rotatable bonds is 5. The summed E-state index contributed by atoms with van der Waals surface area (Å²) in [7, 11) is 2.02. The third-order valence-corrected chi connectivity index (χ3v) is 4.49. The van der Waals surface area contributed by atoms with Crippen LogP contribution in [0.15, 0.2) is 46.5 Å². The van der Waals surface area contributed by atoms with Crippen molar-refractivity contribution in [2.24, 2.45) is 7.05 Å². The zero-order chi connectivity index (χ0) is 14.8. The van der Waals surface area contributed by atoms with E-state index >= 15 is 0 Å². The zero-order valence-electron chi connectivity index (χ0n) is 12.4. The van der Waals surface area contributed by atoms with Gasteiger partial charge < -0.3 is 8.98 Å². The van der Waals surface area contributed by atoms with Crippen LogP contribution < -0.4 is 5.32 Å². The first-order valence-electron chi connectivity index (χ1n) is 6.98. The molecule has 0 saturated heterocycles. The first kappa shape index (κ1) is 14.1. The molecule has 3 rings (SSSR count). The number of aromatic nitrogens is 2. The second-order valence-electron chi connectivity index (χ2n) is 5.18. The molecule has 2 unspecified atom stereocenters. The van der Waals surface area contributed by atoms with E-state index in [4.69, 9.17) is 4.42 Å². The highest BCUT2D eigenvalue weighted by Gasteiger charge is 2.22. The first-order valence-corrected chi connectivity index (χ1v) is 7.86. The van der Waals surface area contributed by atoms with E-state index in [2.05, 4.69) is 39.3 Å². The minimum absolute atomic E-state index is 0.0606. The van der Waals surface area contributed by atoms with E-state index in [9.17, 15) is 0 Å². The Labute approximate surface area is 128 Å². The Balaban J connectivity index is 1.88. The number of nitrogens with one attached hydrogen (secondary N) is 1. The van der Waals surface area contributed by atoms with Crippen molar-refractivity contribution in [3.63, 3.8) is 0 Å². The Morgan fingerprint density at radius 2 is 2.19 bits per heavy atom. The molecule has 5 heteroatoms. The van der Waals surface area contributed by atoms with Crippen LogP contribution in [0.1, 0.15) is 41.2 Å². The second kappa shape index (κ2) is 5.87. The van der Waals surface area contributed by atoms with Gasteiger partial charge in [-0.25, -0.2) is 4.98 Å². The molecule has 0 aliphatic rings. The molecule has 0 fully saturated rings. The summed E-state index contributed by atoms with van der Waals surface area (Å²) in [5.74, 6) is 2.89. The highest BCUT2D eigenvalue weighted by atomic mass is 32.1. The Bertz CT molecular complexity index is 699. The third kappa shape index (κ3) is 2.94. The number of thiophene rings is 1. The fraction of sp³-hybridized carbons (Fsp3) is 0.312. The van der Waals surface area contributed by atoms with E-state index in [1.165, 1.54) is 4.88 Å². The molecule has 0 aliphatic heterocycles. The minimum Gasteiger partial charge on any atom is -0.465 e. The summed E-state index contributed by atoms with van der Waals surface area (Å²) in [5, 5.41) is 5.72. The number of aryl methyl sites for hydroxylation is 2. The van der Waals surface area contributed by atoms with E-state index < -0.39 is 0 Å². The van der Waals surface area contributed by atoms with Crippen LogP contribution in [0.4, 0.5) is 0 Å². The molecule has 21 heavy (non-hydrogen) atoms. The molecule has 0 aromatic carbocycles. The van der Waals surface area contributed by atoms with Crippen LogP contribution in [-0.4, -0.2) is 9.55 Å². The van der Waals surface area contributed by atoms with Crippen LogP contribution >= 0.6 is 11.3 Å². The molecule has 4 nitrogen and oxygen atoms in total. The predicted octanol–water partition coefficient (Wildman–Crippen LogP) is 3.82. The Morgan fingerprint density at radius 1 is 1.33 bits per heavy atom. The minimum atomic E-state index is 0.0606. The lowest BCUT2D eigenvalue weighted by atomic mass is 10.1. The van der Waals surface area contributed by atoms with Crippen molar-refractivity contribution in [3.8, 4) is 0 Å². The number of nitrogens with zero attached hydrogens (tertiary/aromatic N) is 2. The molecular formula is C16H19N3OS. The van der Waals surface area contributed by atoms with Gasteiger partial charge in [-0.3, -0.25) is 5.32 Å². The van der Waals surface area contributed by atoms with Gasteiger partial charge in [0.2, 0.25) is 0 Å². The zero-order valence-corrected chi connectivity index (χ0v) is 13.2. The number of imidazole rings is 1. The molecule has 2 atom stereocenters. The van der Waals surface area contributed by atoms with Crippen molar-refractivity contribution in [3.05, 3.63) is 64.3 Å². The molecule has 110 valence electrons. The van der Waals surface area contributed by atoms with Gasteiger partial charge in [0.15, 0.2) is 0 Å². The van der Waals surface area contributed by atoms with Gasteiger partial charge in [-0.1, -0.05) is 6.07 Å². The van der Waals surface area contributed by atoms with Crippen LogP contribution in [0.25, 0.3) is 0 Å². The maximum Gasteiger partial charge on any atom is 0.131 e. The Hall–Kier alpha value is -1.85. The molecule has 0 saturated carbocycles. The molecule has 0 spiro atoms. The predicted molar refractivity (Wildman–Crippen MR) is 84.4 cm³/mol. The highest BCUT2D eigenvalue weighted by Crippen LogP contribution is 2.28. The monoisotopic (exact) mass is 301 g/mol. The Kier molecular flexibility index (Phi) is 3.94. The normalized spacial score (nSPS) is 14.2. The van der Waals surface area contributed by atoms with Gasteiger partial charge in [-0.15, -0.1) is 11.3 Å². The van der Waals surface area contributed by atoms with Crippen LogP contribution in [-0.2, 0) is 7.05 Å². The van der Waals surface area contributed by atoms with Gasteiger partial charge in [0.05, 0.1) is 6.04 Å². The second-order valence-corrected chi connectivity index (χ2v) is 6.16. The molecule has 0 amide bonds. The highest BCUT2D eigenvalue weighted by molar-refractivity contribution is 7.10. The van der Waals surface area contributed by atoms with Crippen molar-refractivity contribution < 1.29 is 4.42 Å². The van der Waals surface area contributed by atoms with Gasteiger partial charge in [0.25, 0.3) is 0 Å². The van der Waals surface area contributed by atoms with Crippen molar-refractivity contribution in [2.45, 2.75) is 25.9 Å². The maximum atomic E-state index is 5.72. The molecule has 1 N–H and O–H groups in total. The van der Waals surface area contributed by atoms with E-state index in [-0.39, 0.29) is 12.1 Å². The quantitative estimate of drug-likeness (QED) is 0.779. The lowest BCUT2D eigenvalue weighted by Crippen LogP contribution is -2.27. The fourth-order valence-electron chi connectivity index (χ4n) is 2.41. The van der Waals surface area contributed by atoms with Crippen LogP contribution in [0.3, 0.4) is 0 Å². The van der Waals surface area contributed by atoms with Crippen molar-refractivity contribution in [1.29, 1.82) is 0 Å². The summed E-state index contributed by atoms with van der Waals surface area (Å²) in [6.07, 6.45) is 3.80. The van der Waals surface area contributed by atoms with Crippen LogP contribution in [0, 0.1) is 6.92 Å². The molecule has 3 aromatic heterocycles. The third-order valence-electron chi connectivity index (χ3n) is 3.55. The van der Waals surface area contributed by atoms with Crippen LogP contribution in [0.5, 0.6) is 0 Å². The summed E-state index contributed by atoms with van der Waals surface area (Å²) >= 11 is 1.73. The fourth-order valence-corrected chi connectivity index (χ4v) is 3.19. The van der Waals surface area contributed by atoms with Gasteiger partial charge in [0.1, 0.15) is 23.4 Å². The number of hydrogen-bond donors (Lipinski definition) is 1. The average Bonchev–Trinajstić information content (AvgIpc) is 3.17. The molecule has 3 aromatic rings. The van der Waals surface area contributed by atoms with Gasteiger partial charge in [-0.2, -0.15) is 0 Å². The number of hydrogen-bond acceptors (Lipinski definition) is 4. The SMILES string of the molecule is Cc1ccc(C(C)NC(c2cccs2)c2nccn2C)o1. The van der Waals surface area contributed by atoms with E-state index in [1.807, 2.05) is 38.5 Å². The lowest BCUT2D eigenvalue weighted by molar-refractivity contribution is 0.394. The lowest BCUT2D eigenvalue weighted by Gasteiger charge is -2.21. The molecule has 0 radical (unpaired) electrons. The van der Waals surface area contributed by atoms with Crippen molar-refractivity contribution >= 4 is 11.3 Å². The first-order chi connectivity index (χ1) is 10.1. The van der Waals surface area contributed by atoms with Crippen molar-refractivity contribution in [1.82, 2.24) is 14.9 Å². The van der Waals surface area contributed by atoms with Crippen LogP contribution in [0.2, 0.25) is 0 Å². The standard InChI is InChI=1S/C16H19N3OS/c1-11-6-7-13(20-11)12(2)18-15(14-5-4-10-21-14)16-17-8-9-19(16)3/h4-10,12,15,18H,1-3H3. The van der Waals surface area contributed by atoms with Gasteiger partial charge in [0, 0.05) is 24.3 Å². The Morgan fingerprint density at radius 3 is 2.76 bits per heavy atom. The van der Waals surface area contributed by atoms with Gasteiger partial charge in [-0.05, 0) is 37.4 Å². The van der Waals surface area contributed by atoms with E-state index in [0.717, 1.165) is 17.3 Å². The summed E-state index contributed by atoms with van der Waals surface area (Å²) in [6.45, 7) is 4.08. The van der Waals surface area contributed by atoms with E-state index in [1.54, 1.807) is 11.3 Å². The molecule has 0 aliphatic carbocycles. The average molecular weight is 301 g/mol. The maximum absolute atomic E-state index is 5.72. The summed E-state index contributed by atoms with van der Waals surface area (Å²) in [6, 6.07) is 8.40. The van der Waals surface area contributed by atoms with Gasteiger partial charge >= 0.3 is 0 Å². The molecule has 0 bridgehead atoms. The molecule has 3 heterocycles. The van der Waals surface area contributed by atoms with Crippen molar-refractivity contribution in [2.75, 3.05) is 0 Å². The largest absolute Gasteiger partial charge is 0.465 e. The van der Waals surface area contributed by atoms with E-state index in [0.29, 0.717) is 0 Å².